The van der Waals surface area contributed by atoms with Gasteiger partial charge in [0.15, 0.2) is 0 Å². The van der Waals surface area contributed by atoms with Crippen LogP contribution in [0.3, 0.4) is 0 Å². The Labute approximate surface area is 148 Å². The summed E-state index contributed by atoms with van der Waals surface area (Å²) in [4.78, 5) is 14.2. The minimum atomic E-state index is 0.400. The average Bonchev–Trinajstić information content (AvgIpc) is 2.92. The molecule has 1 aliphatic carbocycles. The molecule has 1 spiro atoms. The quantitative estimate of drug-likeness (QED) is 0.867. The van der Waals surface area contributed by atoms with E-state index in [9.17, 15) is 0 Å². The van der Waals surface area contributed by atoms with Crippen molar-refractivity contribution < 1.29 is 0 Å². The number of nitrogen functional groups attached to an aromatic ring is 1. The van der Waals surface area contributed by atoms with Crippen LogP contribution in [0.2, 0.25) is 0 Å². The highest BCUT2D eigenvalue weighted by Crippen LogP contribution is 2.43. The fourth-order valence-electron chi connectivity index (χ4n) is 5.10. The third kappa shape index (κ3) is 2.41. The number of fused-ring (bicyclic) bond motifs is 3. The van der Waals surface area contributed by atoms with Crippen LogP contribution in [0.5, 0.6) is 0 Å². The topological polar surface area (TPSA) is 58.3 Å². The van der Waals surface area contributed by atoms with Crippen molar-refractivity contribution in [2.24, 2.45) is 5.41 Å². The molecule has 0 bridgehead atoms. The number of likely N-dealkylation sites (tertiary alicyclic amines) is 1. The lowest BCUT2D eigenvalue weighted by molar-refractivity contribution is 0.0424. The molecule has 0 saturated carbocycles. The van der Waals surface area contributed by atoms with Crippen LogP contribution in [0, 0.1) is 5.41 Å². The first-order valence-corrected chi connectivity index (χ1v) is 9.32. The van der Waals surface area contributed by atoms with Crippen molar-refractivity contribution in [1.29, 1.82) is 0 Å². The maximum Gasteiger partial charge on any atom is 0.222 e. The predicted molar refractivity (Wildman–Crippen MR) is 101 cm³/mol. The zero-order valence-electron chi connectivity index (χ0n) is 14.8. The SMILES string of the molecule is CN1CC2(CCN(c3nc(N)nc4c3CCCc3ccccc3-4)C2)C1. The third-order valence-electron chi connectivity index (χ3n) is 6.10. The number of nitrogens with two attached hydrogens (primary N) is 1. The Bertz CT molecular complexity index is 825. The van der Waals surface area contributed by atoms with E-state index in [1.165, 1.54) is 36.2 Å². The van der Waals surface area contributed by atoms with E-state index >= 15 is 0 Å². The van der Waals surface area contributed by atoms with Gasteiger partial charge in [0, 0.05) is 42.7 Å². The summed E-state index contributed by atoms with van der Waals surface area (Å²) in [6.45, 7) is 4.59. The van der Waals surface area contributed by atoms with Crippen molar-refractivity contribution in [2.75, 3.05) is 43.9 Å². The van der Waals surface area contributed by atoms with Crippen molar-refractivity contribution in [3.63, 3.8) is 0 Å². The molecule has 2 aliphatic heterocycles. The second-order valence-corrected chi connectivity index (χ2v) is 8.09. The lowest BCUT2D eigenvalue weighted by Crippen LogP contribution is -2.55. The van der Waals surface area contributed by atoms with Gasteiger partial charge in [-0.3, -0.25) is 0 Å². The largest absolute Gasteiger partial charge is 0.368 e. The zero-order chi connectivity index (χ0) is 17.0. The number of hydrogen-bond donors (Lipinski definition) is 1. The van der Waals surface area contributed by atoms with Crippen molar-refractivity contribution >= 4 is 11.8 Å². The summed E-state index contributed by atoms with van der Waals surface area (Å²) in [6, 6.07) is 8.62. The molecule has 3 aliphatic rings. The van der Waals surface area contributed by atoms with Crippen LogP contribution in [0.1, 0.15) is 24.0 Å². The summed E-state index contributed by atoms with van der Waals surface area (Å²) >= 11 is 0. The van der Waals surface area contributed by atoms with Gasteiger partial charge < -0.3 is 15.5 Å². The maximum absolute atomic E-state index is 6.14. The molecular weight excluding hydrogens is 310 g/mol. The van der Waals surface area contributed by atoms with Gasteiger partial charge in [-0.1, -0.05) is 24.3 Å². The molecule has 0 atom stereocenters. The number of hydrogen-bond acceptors (Lipinski definition) is 5. The molecular formula is C20H25N5. The first-order chi connectivity index (χ1) is 12.1. The van der Waals surface area contributed by atoms with Gasteiger partial charge in [0.05, 0.1) is 5.69 Å². The van der Waals surface area contributed by atoms with Gasteiger partial charge in [0.25, 0.3) is 0 Å². The zero-order valence-corrected chi connectivity index (χ0v) is 14.8. The Morgan fingerprint density at radius 2 is 1.92 bits per heavy atom. The van der Waals surface area contributed by atoms with E-state index < -0.39 is 0 Å². The van der Waals surface area contributed by atoms with E-state index in [1.807, 2.05) is 0 Å². The molecule has 2 aromatic rings. The lowest BCUT2D eigenvalue weighted by atomic mass is 9.79. The summed E-state index contributed by atoms with van der Waals surface area (Å²) in [7, 11) is 2.21. The highest BCUT2D eigenvalue weighted by molar-refractivity contribution is 5.74. The van der Waals surface area contributed by atoms with Crippen LogP contribution < -0.4 is 10.6 Å². The van der Waals surface area contributed by atoms with Crippen molar-refractivity contribution in [2.45, 2.75) is 25.7 Å². The van der Waals surface area contributed by atoms with Crippen LogP contribution in [-0.2, 0) is 12.8 Å². The number of aromatic nitrogens is 2. The summed E-state index contributed by atoms with van der Waals surface area (Å²) in [6.07, 6.45) is 4.53. The third-order valence-corrected chi connectivity index (χ3v) is 6.10. The molecule has 130 valence electrons. The van der Waals surface area contributed by atoms with Crippen molar-refractivity contribution in [3.8, 4) is 11.3 Å². The van der Waals surface area contributed by atoms with Gasteiger partial charge in [-0.25, -0.2) is 4.98 Å². The lowest BCUT2D eigenvalue weighted by Gasteiger charge is -2.46. The van der Waals surface area contributed by atoms with Gasteiger partial charge in [0.1, 0.15) is 5.82 Å². The Kier molecular flexibility index (Phi) is 3.29. The summed E-state index contributed by atoms with van der Waals surface area (Å²) in [5.41, 5.74) is 11.6. The van der Waals surface area contributed by atoms with Gasteiger partial charge in [-0.15, -0.1) is 0 Å². The van der Waals surface area contributed by atoms with E-state index in [4.69, 9.17) is 10.7 Å². The maximum atomic E-state index is 6.14. The van der Waals surface area contributed by atoms with Gasteiger partial charge in [-0.2, -0.15) is 4.98 Å². The summed E-state index contributed by atoms with van der Waals surface area (Å²) in [5.74, 6) is 1.49. The van der Waals surface area contributed by atoms with E-state index in [2.05, 4.69) is 46.1 Å². The van der Waals surface area contributed by atoms with Crippen molar-refractivity contribution in [3.05, 3.63) is 35.4 Å². The second-order valence-electron chi connectivity index (χ2n) is 8.09. The minimum Gasteiger partial charge on any atom is -0.368 e. The predicted octanol–water partition coefficient (Wildman–Crippen LogP) is 2.36. The van der Waals surface area contributed by atoms with Crippen LogP contribution in [0.15, 0.2) is 24.3 Å². The first-order valence-electron chi connectivity index (χ1n) is 9.32. The number of anilines is 2. The molecule has 5 heteroatoms. The van der Waals surface area contributed by atoms with E-state index in [0.717, 1.165) is 43.9 Å². The fraction of sp³-hybridized carbons (Fsp3) is 0.500. The molecule has 0 radical (unpaired) electrons. The molecule has 2 N–H and O–H groups in total. The van der Waals surface area contributed by atoms with Crippen LogP contribution in [-0.4, -0.2) is 48.1 Å². The van der Waals surface area contributed by atoms with E-state index in [1.54, 1.807) is 0 Å². The Balaban J connectivity index is 1.58. The van der Waals surface area contributed by atoms with Gasteiger partial charge in [-0.05, 0) is 38.3 Å². The average molecular weight is 335 g/mol. The van der Waals surface area contributed by atoms with Crippen LogP contribution in [0.4, 0.5) is 11.8 Å². The molecule has 1 aromatic heterocycles. The Hall–Kier alpha value is -2.14. The fourth-order valence-corrected chi connectivity index (χ4v) is 5.10. The number of aryl methyl sites for hydroxylation is 1. The highest BCUT2D eigenvalue weighted by atomic mass is 15.3. The Morgan fingerprint density at radius 1 is 1.08 bits per heavy atom. The van der Waals surface area contributed by atoms with Crippen LogP contribution >= 0.6 is 0 Å². The smallest absolute Gasteiger partial charge is 0.222 e. The standard InChI is InChI=1S/C20H25N5/c1-24-11-20(12-24)9-10-25(13-20)18-16-8-4-6-14-5-2-3-7-15(14)17(16)22-19(21)23-18/h2-3,5,7H,4,6,8-13H2,1H3,(H2,21,22,23). The molecule has 25 heavy (non-hydrogen) atoms. The molecule has 2 saturated heterocycles. The Morgan fingerprint density at radius 3 is 2.76 bits per heavy atom. The minimum absolute atomic E-state index is 0.400. The molecule has 5 rings (SSSR count). The second kappa shape index (κ2) is 5.43. The molecule has 3 heterocycles. The molecule has 0 amide bonds. The van der Waals surface area contributed by atoms with Crippen molar-refractivity contribution in [1.82, 2.24) is 14.9 Å². The molecule has 2 fully saturated rings. The summed E-state index contributed by atoms with van der Waals surface area (Å²) in [5, 5.41) is 0. The van der Waals surface area contributed by atoms with Crippen LogP contribution in [0.25, 0.3) is 11.3 Å². The van der Waals surface area contributed by atoms with Gasteiger partial charge in [0.2, 0.25) is 5.95 Å². The molecule has 1 aromatic carbocycles. The monoisotopic (exact) mass is 335 g/mol. The number of benzene rings is 1. The first kappa shape index (κ1) is 15.1. The highest BCUT2D eigenvalue weighted by Gasteiger charge is 2.46. The van der Waals surface area contributed by atoms with E-state index in [-0.39, 0.29) is 0 Å². The molecule has 0 unspecified atom stereocenters. The van der Waals surface area contributed by atoms with Gasteiger partial charge >= 0.3 is 0 Å². The number of nitrogens with zero attached hydrogens (tertiary/aromatic N) is 4. The summed E-state index contributed by atoms with van der Waals surface area (Å²) < 4.78 is 0. The number of rotatable bonds is 1. The normalized spacial score (nSPS) is 21.6. The van der Waals surface area contributed by atoms with E-state index in [0.29, 0.717) is 11.4 Å². The molecule has 5 nitrogen and oxygen atoms in total.